The van der Waals surface area contributed by atoms with E-state index in [2.05, 4.69) is 22.0 Å². The Hall–Kier alpha value is -1.47. The Morgan fingerprint density at radius 2 is 2.45 bits per heavy atom. The number of nitrogen functional groups attached to an aromatic ring is 1. The molecule has 0 atom stereocenters. The first-order valence-corrected chi connectivity index (χ1v) is 3.33. The van der Waals surface area contributed by atoms with Crippen molar-refractivity contribution < 1.29 is 0 Å². The van der Waals surface area contributed by atoms with Gasteiger partial charge in [-0.05, 0) is 5.92 Å². The monoisotopic (exact) mass is 150 g/mol. The Balaban J connectivity index is 2.59. The van der Waals surface area contributed by atoms with E-state index in [-0.39, 0.29) is 0 Å². The van der Waals surface area contributed by atoms with E-state index in [9.17, 15) is 0 Å². The molecule has 0 saturated carbocycles. The van der Waals surface area contributed by atoms with Gasteiger partial charge in [-0.2, -0.15) is 5.10 Å². The maximum Gasteiger partial charge on any atom is 0.146 e. The van der Waals surface area contributed by atoms with Gasteiger partial charge in [-0.15, -0.1) is 0 Å². The molecule has 0 spiro atoms. The molecule has 11 heavy (non-hydrogen) atoms. The van der Waals surface area contributed by atoms with Crippen molar-refractivity contribution >= 4 is 5.82 Å². The first-order valence-electron chi connectivity index (χ1n) is 3.33. The summed E-state index contributed by atoms with van der Waals surface area (Å²) in [6.45, 7) is 0.580. The molecular formula is C7H10N4. The zero-order chi connectivity index (χ0) is 8.10. The summed E-state index contributed by atoms with van der Waals surface area (Å²) in [5, 5.41) is 6.39. The van der Waals surface area contributed by atoms with Crippen LogP contribution in [0.3, 0.4) is 0 Å². The van der Waals surface area contributed by atoms with Gasteiger partial charge in [-0.1, -0.05) is 5.92 Å². The first kappa shape index (κ1) is 7.63. The van der Waals surface area contributed by atoms with Crippen molar-refractivity contribution in [3.05, 3.63) is 11.8 Å². The number of H-pyrrole nitrogens is 1. The highest BCUT2D eigenvalue weighted by molar-refractivity contribution is 5.37. The van der Waals surface area contributed by atoms with Gasteiger partial charge in [0.2, 0.25) is 0 Å². The van der Waals surface area contributed by atoms with Crippen LogP contribution in [0, 0.1) is 11.8 Å². The summed E-state index contributed by atoms with van der Waals surface area (Å²) in [7, 11) is 0. The number of rotatable bonds is 1. The van der Waals surface area contributed by atoms with Gasteiger partial charge in [-0.3, -0.25) is 5.10 Å². The molecule has 4 heteroatoms. The Morgan fingerprint density at radius 3 is 3.00 bits per heavy atom. The van der Waals surface area contributed by atoms with Crippen LogP contribution in [0.2, 0.25) is 0 Å². The van der Waals surface area contributed by atoms with Gasteiger partial charge >= 0.3 is 0 Å². The third kappa shape index (κ3) is 2.32. The topological polar surface area (TPSA) is 80.7 Å². The minimum atomic E-state index is 0.460. The fraction of sp³-hybridized carbons (Fsp3) is 0.286. The van der Waals surface area contributed by atoms with E-state index < -0.39 is 0 Å². The van der Waals surface area contributed by atoms with Gasteiger partial charge in [0, 0.05) is 19.0 Å². The van der Waals surface area contributed by atoms with Crippen LogP contribution >= 0.6 is 0 Å². The summed E-state index contributed by atoms with van der Waals surface area (Å²) in [6, 6.07) is 1.68. The molecule has 0 aromatic carbocycles. The minimum absolute atomic E-state index is 0.460. The predicted octanol–water partition coefficient (Wildman–Crippen LogP) is -0.308. The lowest BCUT2D eigenvalue weighted by Crippen LogP contribution is -1.95. The molecule has 58 valence electrons. The van der Waals surface area contributed by atoms with Crippen molar-refractivity contribution in [2.45, 2.75) is 6.42 Å². The fourth-order valence-electron chi connectivity index (χ4n) is 0.631. The van der Waals surface area contributed by atoms with Crippen molar-refractivity contribution in [3.63, 3.8) is 0 Å². The lowest BCUT2D eigenvalue weighted by atomic mass is 10.4. The lowest BCUT2D eigenvalue weighted by Gasteiger charge is -1.78. The van der Waals surface area contributed by atoms with Crippen LogP contribution in [0.1, 0.15) is 12.1 Å². The van der Waals surface area contributed by atoms with Gasteiger partial charge in [0.05, 0.1) is 0 Å². The average Bonchev–Trinajstić information content (AvgIpc) is 2.37. The molecule has 1 rings (SSSR count). The molecule has 0 bridgehead atoms. The smallest absolute Gasteiger partial charge is 0.146 e. The number of hydrogen-bond donors (Lipinski definition) is 3. The average molecular weight is 150 g/mol. The van der Waals surface area contributed by atoms with E-state index in [1.54, 1.807) is 6.07 Å². The molecule has 0 radical (unpaired) electrons. The van der Waals surface area contributed by atoms with E-state index in [1.807, 2.05) is 0 Å². The van der Waals surface area contributed by atoms with Crippen LogP contribution in [-0.4, -0.2) is 16.7 Å². The van der Waals surface area contributed by atoms with Gasteiger partial charge in [0.1, 0.15) is 11.5 Å². The third-order valence-electron chi connectivity index (χ3n) is 1.09. The van der Waals surface area contributed by atoms with Gasteiger partial charge in [0.25, 0.3) is 0 Å². The minimum Gasteiger partial charge on any atom is -0.382 e. The molecule has 0 aliphatic rings. The molecular weight excluding hydrogens is 140 g/mol. The Morgan fingerprint density at radius 1 is 1.64 bits per heavy atom. The predicted molar refractivity (Wildman–Crippen MR) is 43.5 cm³/mol. The summed E-state index contributed by atoms with van der Waals surface area (Å²) in [5.74, 6) is 6.16. The van der Waals surface area contributed by atoms with Crippen LogP contribution in [0.5, 0.6) is 0 Å². The summed E-state index contributed by atoms with van der Waals surface area (Å²) in [5.41, 5.74) is 11.3. The number of nitrogens with two attached hydrogens (primary N) is 2. The number of hydrogen-bond acceptors (Lipinski definition) is 3. The maximum absolute atomic E-state index is 5.35. The van der Waals surface area contributed by atoms with E-state index in [0.717, 1.165) is 5.69 Å². The zero-order valence-electron chi connectivity index (χ0n) is 6.09. The van der Waals surface area contributed by atoms with E-state index >= 15 is 0 Å². The highest BCUT2D eigenvalue weighted by Crippen LogP contribution is 1.96. The zero-order valence-corrected chi connectivity index (χ0v) is 6.09. The number of nitrogens with one attached hydrogen (secondary N) is 1. The number of nitrogens with zero attached hydrogens (tertiary/aromatic N) is 1. The maximum atomic E-state index is 5.35. The Kier molecular flexibility index (Phi) is 2.53. The van der Waals surface area contributed by atoms with Crippen LogP contribution in [0.4, 0.5) is 5.82 Å². The van der Waals surface area contributed by atoms with Crippen molar-refractivity contribution in [1.29, 1.82) is 0 Å². The molecule has 1 aromatic heterocycles. The standard InChI is InChI=1S/C7H10N4/c8-4-2-1-3-6-5-7(9)11-10-6/h5H,2,4,8H2,(H3,9,10,11). The molecule has 1 aromatic rings. The van der Waals surface area contributed by atoms with Crippen molar-refractivity contribution in [1.82, 2.24) is 10.2 Å². The molecule has 0 aliphatic heterocycles. The quantitative estimate of drug-likeness (QED) is 0.480. The second-order valence-corrected chi connectivity index (χ2v) is 2.05. The van der Waals surface area contributed by atoms with Gasteiger partial charge in [0.15, 0.2) is 0 Å². The first-order chi connectivity index (χ1) is 5.33. The second-order valence-electron chi connectivity index (χ2n) is 2.05. The largest absolute Gasteiger partial charge is 0.382 e. The van der Waals surface area contributed by atoms with Crippen molar-refractivity contribution in [3.8, 4) is 11.8 Å². The highest BCUT2D eigenvalue weighted by Gasteiger charge is 1.89. The molecule has 0 fully saturated rings. The van der Waals surface area contributed by atoms with E-state index in [1.165, 1.54) is 0 Å². The molecule has 0 saturated heterocycles. The second kappa shape index (κ2) is 3.64. The Bertz CT molecular complexity index is 278. The summed E-state index contributed by atoms with van der Waals surface area (Å²) >= 11 is 0. The summed E-state index contributed by atoms with van der Waals surface area (Å²) in [6.07, 6.45) is 0.693. The highest BCUT2D eigenvalue weighted by atomic mass is 15.1. The fourth-order valence-corrected chi connectivity index (χ4v) is 0.631. The van der Waals surface area contributed by atoms with Crippen LogP contribution < -0.4 is 11.5 Å². The van der Waals surface area contributed by atoms with Crippen LogP contribution in [0.25, 0.3) is 0 Å². The normalized spacial score (nSPS) is 8.82. The molecule has 4 nitrogen and oxygen atoms in total. The molecule has 0 unspecified atom stereocenters. The van der Waals surface area contributed by atoms with E-state index in [0.29, 0.717) is 18.8 Å². The molecule has 1 heterocycles. The van der Waals surface area contributed by atoms with E-state index in [4.69, 9.17) is 11.5 Å². The third-order valence-corrected chi connectivity index (χ3v) is 1.09. The van der Waals surface area contributed by atoms with Gasteiger partial charge < -0.3 is 11.5 Å². The molecule has 0 amide bonds. The van der Waals surface area contributed by atoms with Crippen LogP contribution in [-0.2, 0) is 0 Å². The van der Waals surface area contributed by atoms with Gasteiger partial charge in [-0.25, -0.2) is 0 Å². The van der Waals surface area contributed by atoms with Crippen molar-refractivity contribution in [2.24, 2.45) is 5.73 Å². The molecule has 5 N–H and O–H groups in total. The number of aromatic amines is 1. The SMILES string of the molecule is NCCC#Cc1cc(N)n[nH]1. The lowest BCUT2D eigenvalue weighted by molar-refractivity contribution is 1.03. The summed E-state index contributed by atoms with van der Waals surface area (Å²) in [4.78, 5) is 0. The summed E-state index contributed by atoms with van der Waals surface area (Å²) < 4.78 is 0. The van der Waals surface area contributed by atoms with Crippen LogP contribution in [0.15, 0.2) is 6.07 Å². The molecule has 0 aliphatic carbocycles. The number of anilines is 1. The number of aromatic nitrogens is 2. The Labute approximate surface area is 65.0 Å². The van der Waals surface area contributed by atoms with Crippen molar-refractivity contribution in [2.75, 3.05) is 12.3 Å².